The van der Waals surface area contributed by atoms with Crippen molar-refractivity contribution in [3.8, 4) is 0 Å². The topological polar surface area (TPSA) is 49.4 Å². The number of carbonyl (C=O) groups excluding carboxylic acids is 1. The number of hydrogen-bond acceptors (Lipinski definition) is 3. The Morgan fingerprint density at radius 2 is 1.48 bits per heavy atom. The number of hydrogen-bond donors (Lipinski definition) is 0. The minimum Gasteiger partial charge on any atom is -0.828 e. The third kappa shape index (κ3) is 4.29. The number of benzene rings is 1. The van der Waals surface area contributed by atoms with Gasteiger partial charge in [-0.1, -0.05) is 11.6 Å². The molecule has 0 aliphatic rings. The van der Waals surface area contributed by atoms with Crippen LogP contribution >= 0.6 is 11.6 Å². The Labute approximate surface area is 137 Å². The van der Waals surface area contributed by atoms with Crippen LogP contribution in [0.4, 0.5) is 39.5 Å². The smallest absolute Gasteiger partial charge is 0.416 e. The lowest BCUT2D eigenvalue weighted by Gasteiger charge is -2.40. The van der Waals surface area contributed by atoms with Gasteiger partial charge in [0.25, 0.3) is 0 Å². The second-order valence-electron chi connectivity index (χ2n) is 4.56. The molecule has 1 aromatic rings. The highest BCUT2D eigenvalue weighted by atomic mass is 35.5. The first-order valence-electron chi connectivity index (χ1n) is 5.88. The molecular formula is C12H5ClF9O3-. The van der Waals surface area contributed by atoms with Gasteiger partial charge in [-0.25, -0.2) is 0 Å². The summed E-state index contributed by atoms with van der Waals surface area (Å²) in [6.45, 7) is -1.50. The fraction of sp³-hybridized carbons (Fsp3) is 0.417. The summed E-state index contributed by atoms with van der Waals surface area (Å²) in [7, 11) is 0. The zero-order valence-corrected chi connectivity index (χ0v) is 12.2. The van der Waals surface area contributed by atoms with Crippen molar-refractivity contribution in [3.05, 3.63) is 34.3 Å². The van der Waals surface area contributed by atoms with Gasteiger partial charge in [0.05, 0.1) is 5.56 Å². The minimum atomic E-state index is -6.58. The molecule has 0 aliphatic carbocycles. The van der Waals surface area contributed by atoms with E-state index in [0.29, 0.717) is 12.1 Å². The number of esters is 1. The zero-order chi connectivity index (χ0) is 19.8. The Kier molecular flexibility index (Phi) is 5.60. The van der Waals surface area contributed by atoms with Gasteiger partial charge in [-0.2, -0.15) is 39.5 Å². The van der Waals surface area contributed by atoms with E-state index in [1.165, 1.54) is 0 Å². The summed E-state index contributed by atoms with van der Waals surface area (Å²) in [4.78, 5) is 11.1. The van der Waals surface area contributed by atoms with Gasteiger partial charge >= 0.3 is 24.5 Å². The van der Waals surface area contributed by atoms with Crippen LogP contribution in [0.25, 0.3) is 0 Å². The lowest BCUT2D eigenvalue weighted by molar-refractivity contribution is -0.574. The van der Waals surface area contributed by atoms with Crippen molar-refractivity contribution in [2.24, 2.45) is 0 Å². The Hall–Kier alpha value is -1.69. The summed E-state index contributed by atoms with van der Waals surface area (Å²) >= 11 is 5.44. The molecule has 25 heavy (non-hydrogen) atoms. The quantitative estimate of drug-likeness (QED) is 0.572. The van der Waals surface area contributed by atoms with Crippen molar-refractivity contribution in [2.45, 2.75) is 30.7 Å². The highest BCUT2D eigenvalue weighted by Crippen LogP contribution is 2.42. The van der Waals surface area contributed by atoms with E-state index >= 15 is 0 Å². The van der Waals surface area contributed by atoms with Gasteiger partial charge in [-0.15, -0.1) is 0 Å². The van der Waals surface area contributed by atoms with Gasteiger partial charge in [0.2, 0.25) is 0 Å². The second kappa shape index (κ2) is 6.56. The lowest BCUT2D eigenvalue weighted by atomic mass is 10.0. The molecule has 1 rings (SSSR count). The van der Waals surface area contributed by atoms with Crippen LogP contribution in [0.1, 0.15) is 11.1 Å². The highest BCUT2D eigenvalue weighted by Gasteiger charge is 2.68. The largest absolute Gasteiger partial charge is 0.828 e. The zero-order valence-electron chi connectivity index (χ0n) is 11.4. The standard InChI is InChI=1S/C12H5ClF9O3/c13-7-2-1-6(10(14,15)16)3-5(7)4-25-8(23)9(24,11(17,18)19)12(20,21)22/h1-3H,4H2/q-1. The molecule has 142 valence electrons. The summed E-state index contributed by atoms with van der Waals surface area (Å²) in [5.74, 6) is -3.26. The van der Waals surface area contributed by atoms with Crippen LogP contribution < -0.4 is 5.11 Å². The molecule has 0 amide bonds. The van der Waals surface area contributed by atoms with Gasteiger partial charge in [0.1, 0.15) is 6.61 Å². The summed E-state index contributed by atoms with van der Waals surface area (Å²) in [6, 6.07) is 1.38. The van der Waals surface area contributed by atoms with Crippen molar-refractivity contribution in [2.75, 3.05) is 0 Å². The Morgan fingerprint density at radius 3 is 1.88 bits per heavy atom. The molecule has 0 heterocycles. The molecule has 0 saturated heterocycles. The van der Waals surface area contributed by atoms with Gasteiger partial charge in [0.15, 0.2) is 5.60 Å². The van der Waals surface area contributed by atoms with Crippen LogP contribution in [0.5, 0.6) is 0 Å². The van der Waals surface area contributed by atoms with Gasteiger partial charge in [-0.05, 0) is 18.2 Å². The number of rotatable bonds is 3. The normalized spacial score (nSPS) is 13.7. The number of carbonyl (C=O) groups is 1. The molecule has 0 atom stereocenters. The molecule has 0 bridgehead atoms. The molecule has 0 aromatic heterocycles. The molecule has 0 aliphatic heterocycles. The maximum atomic E-state index is 12.5. The van der Waals surface area contributed by atoms with E-state index in [4.69, 9.17) is 11.6 Å². The fourth-order valence-electron chi connectivity index (χ4n) is 1.50. The van der Waals surface area contributed by atoms with Crippen molar-refractivity contribution in [1.29, 1.82) is 0 Å². The summed E-state index contributed by atoms with van der Waals surface area (Å²) in [6.07, 6.45) is -18.1. The maximum Gasteiger partial charge on any atom is 0.416 e. The lowest BCUT2D eigenvalue weighted by Crippen LogP contribution is -2.71. The number of halogens is 10. The number of alkyl halides is 9. The Morgan fingerprint density at radius 1 is 1.00 bits per heavy atom. The predicted octanol–water partition coefficient (Wildman–Crippen LogP) is 3.63. The SMILES string of the molecule is O=C(OCc1cc(C(F)(F)F)ccc1Cl)C([O-])(C(F)(F)F)C(F)(F)F. The second-order valence-corrected chi connectivity index (χ2v) is 4.96. The summed E-state index contributed by atoms with van der Waals surface area (Å²) in [5, 5.41) is 10.5. The first-order chi connectivity index (χ1) is 11.0. The molecule has 1 aromatic carbocycles. The van der Waals surface area contributed by atoms with Gasteiger partial charge in [-0.3, -0.25) is 4.79 Å². The summed E-state index contributed by atoms with van der Waals surface area (Å²) < 4.78 is 115. The first kappa shape index (κ1) is 21.4. The average molecular weight is 404 g/mol. The van der Waals surface area contributed by atoms with E-state index in [-0.39, 0.29) is 6.07 Å². The van der Waals surface area contributed by atoms with Crippen molar-refractivity contribution >= 4 is 17.6 Å². The highest BCUT2D eigenvalue weighted by molar-refractivity contribution is 6.31. The Bertz CT molecular complexity index is 635. The van der Waals surface area contributed by atoms with E-state index in [0.717, 1.165) is 0 Å². The van der Waals surface area contributed by atoms with Crippen LogP contribution in [-0.4, -0.2) is 23.9 Å². The molecule has 0 N–H and O–H groups in total. The molecule has 0 fully saturated rings. The van der Waals surface area contributed by atoms with Crippen LogP contribution in [-0.2, 0) is 22.3 Å². The van der Waals surface area contributed by atoms with E-state index in [2.05, 4.69) is 4.74 Å². The third-order valence-electron chi connectivity index (χ3n) is 2.82. The average Bonchev–Trinajstić information content (AvgIpc) is 2.41. The van der Waals surface area contributed by atoms with E-state index < -0.39 is 52.9 Å². The molecule has 0 unspecified atom stereocenters. The van der Waals surface area contributed by atoms with Crippen molar-refractivity contribution in [3.63, 3.8) is 0 Å². The predicted molar refractivity (Wildman–Crippen MR) is 61.1 cm³/mol. The van der Waals surface area contributed by atoms with E-state index in [1.54, 1.807) is 0 Å². The van der Waals surface area contributed by atoms with Crippen molar-refractivity contribution in [1.82, 2.24) is 0 Å². The molecular weight excluding hydrogens is 399 g/mol. The summed E-state index contributed by atoms with van der Waals surface area (Å²) in [5.41, 5.74) is -8.17. The molecule has 13 heteroatoms. The van der Waals surface area contributed by atoms with E-state index in [1.807, 2.05) is 0 Å². The third-order valence-corrected chi connectivity index (χ3v) is 3.19. The molecule has 0 radical (unpaired) electrons. The van der Waals surface area contributed by atoms with Crippen LogP contribution in [0.2, 0.25) is 5.02 Å². The van der Waals surface area contributed by atoms with Gasteiger partial charge < -0.3 is 9.84 Å². The number of ether oxygens (including phenoxy) is 1. The molecule has 0 saturated carbocycles. The first-order valence-corrected chi connectivity index (χ1v) is 6.26. The maximum absolute atomic E-state index is 12.5. The van der Waals surface area contributed by atoms with Crippen LogP contribution in [0.15, 0.2) is 18.2 Å². The van der Waals surface area contributed by atoms with Crippen LogP contribution in [0, 0.1) is 0 Å². The van der Waals surface area contributed by atoms with E-state index in [9.17, 15) is 49.4 Å². The van der Waals surface area contributed by atoms with Crippen LogP contribution in [0.3, 0.4) is 0 Å². The van der Waals surface area contributed by atoms with Gasteiger partial charge in [0, 0.05) is 10.6 Å². The van der Waals surface area contributed by atoms with Crippen molar-refractivity contribution < 1.29 is 54.2 Å². The fourth-order valence-corrected chi connectivity index (χ4v) is 1.67. The molecule has 0 spiro atoms. The Balaban J connectivity index is 3.10. The monoisotopic (exact) mass is 403 g/mol. The minimum absolute atomic E-state index is 0.253. The molecule has 3 nitrogen and oxygen atoms in total.